The Hall–Kier alpha value is -1.18. The van der Waals surface area contributed by atoms with E-state index in [0.717, 1.165) is 30.7 Å². The van der Waals surface area contributed by atoms with Crippen molar-refractivity contribution >= 4 is 35.6 Å². The number of ether oxygens (including phenoxy) is 1. The first-order valence-corrected chi connectivity index (χ1v) is 8.64. The van der Waals surface area contributed by atoms with Crippen molar-refractivity contribution in [2.45, 2.75) is 45.1 Å². The van der Waals surface area contributed by atoms with E-state index in [-0.39, 0.29) is 36.2 Å². The molecule has 1 aromatic rings. The summed E-state index contributed by atoms with van der Waals surface area (Å²) in [6, 6.07) is 0.109. The highest BCUT2D eigenvalue weighted by atomic mass is 35.5. The van der Waals surface area contributed by atoms with Crippen molar-refractivity contribution in [3.63, 3.8) is 0 Å². The molecule has 0 bridgehead atoms. The van der Waals surface area contributed by atoms with Crippen molar-refractivity contribution in [1.82, 2.24) is 10.3 Å². The van der Waals surface area contributed by atoms with E-state index in [1.54, 1.807) is 5.38 Å². The van der Waals surface area contributed by atoms with Gasteiger partial charge in [0.05, 0.1) is 17.5 Å². The second kappa shape index (κ2) is 9.85. The first-order chi connectivity index (χ1) is 10.6. The lowest BCUT2D eigenvalue weighted by Crippen LogP contribution is -2.39. The van der Waals surface area contributed by atoms with Crippen molar-refractivity contribution < 1.29 is 14.3 Å². The molecule has 8 heteroatoms. The number of esters is 1. The number of aromatic nitrogens is 1. The normalized spacial score (nSPS) is 20.4. The number of halogens is 1. The molecule has 0 spiro atoms. The SMILES string of the molecule is CCOC(=O)C1CCC(NC(=O)c2csc(CCN)n2)CC1.Cl. The fraction of sp³-hybridized carbons (Fsp3) is 0.667. The summed E-state index contributed by atoms with van der Waals surface area (Å²) in [6.07, 6.45) is 3.82. The number of thiazole rings is 1. The lowest BCUT2D eigenvalue weighted by molar-refractivity contribution is -0.149. The number of rotatable bonds is 6. The number of hydrogen-bond donors (Lipinski definition) is 2. The van der Waals surface area contributed by atoms with Gasteiger partial charge in [-0.25, -0.2) is 4.98 Å². The first-order valence-electron chi connectivity index (χ1n) is 7.76. The molecule has 0 unspecified atom stereocenters. The fourth-order valence-electron chi connectivity index (χ4n) is 2.65. The van der Waals surface area contributed by atoms with Crippen LogP contribution in [-0.2, 0) is 16.0 Å². The Morgan fingerprint density at radius 3 is 2.70 bits per heavy atom. The van der Waals surface area contributed by atoms with Crippen LogP contribution in [-0.4, -0.2) is 36.1 Å². The standard InChI is InChI=1S/C15H23N3O3S.ClH/c1-2-21-15(20)10-3-5-11(6-4-10)17-14(19)12-9-22-13(18-12)7-8-16;/h9-11H,2-8,16H2,1H3,(H,17,19);1H. The second-order valence-corrected chi connectivity index (χ2v) is 6.38. The molecular weight excluding hydrogens is 338 g/mol. The summed E-state index contributed by atoms with van der Waals surface area (Å²) < 4.78 is 5.05. The van der Waals surface area contributed by atoms with Crippen LogP contribution >= 0.6 is 23.7 Å². The number of nitrogens with zero attached hydrogens (tertiary/aromatic N) is 1. The van der Waals surface area contributed by atoms with E-state index < -0.39 is 0 Å². The molecule has 1 saturated carbocycles. The van der Waals surface area contributed by atoms with E-state index in [9.17, 15) is 9.59 Å². The van der Waals surface area contributed by atoms with E-state index in [1.807, 2.05) is 6.92 Å². The van der Waals surface area contributed by atoms with Gasteiger partial charge in [-0.1, -0.05) is 0 Å². The summed E-state index contributed by atoms with van der Waals surface area (Å²) in [5.74, 6) is -0.277. The van der Waals surface area contributed by atoms with Gasteiger partial charge in [0.1, 0.15) is 5.69 Å². The molecule has 0 aromatic carbocycles. The number of nitrogens with one attached hydrogen (secondary N) is 1. The second-order valence-electron chi connectivity index (χ2n) is 5.44. The van der Waals surface area contributed by atoms with Crippen LogP contribution in [0.1, 0.15) is 48.1 Å². The van der Waals surface area contributed by atoms with Crippen LogP contribution in [0.2, 0.25) is 0 Å². The average Bonchev–Trinajstić information content (AvgIpc) is 2.97. The Morgan fingerprint density at radius 1 is 1.39 bits per heavy atom. The van der Waals surface area contributed by atoms with Crippen molar-refractivity contribution in [3.05, 3.63) is 16.1 Å². The fourth-order valence-corrected chi connectivity index (χ4v) is 3.44. The highest BCUT2D eigenvalue weighted by Crippen LogP contribution is 2.25. The van der Waals surface area contributed by atoms with Gasteiger partial charge in [0.2, 0.25) is 0 Å². The number of amides is 1. The maximum atomic E-state index is 12.2. The predicted molar refractivity (Wildman–Crippen MR) is 92.0 cm³/mol. The number of carbonyl (C=O) groups is 2. The summed E-state index contributed by atoms with van der Waals surface area (Å²) >= 11 is 1.46. The molecule has 130 valence electrons. The molecule has 1 aliphatic carbocycles. The lowest BCUT2D eigenvalue weighted by Gasteiger charge is -2.27. The molecule has 1 fully saturated rings. The first kappa shape index (κ1) is 19.9. The van der Waals surface area contributed by atoms with Crippen LogP contribution in [0.5, 0.6) is 0 Å². The molecule has 3 N–H and O–H groups in total. The zero-order chi connectivity index (χ0) is 15.9. The third kappa shape index (κ3) is 5.75. The van der Waals surface area contributed by atoms with Crippen molar-refractivity contribution in [1.29, 1.82) is 0 Å². The maximum Gasteiger partial charge on any atom is 0.308 e. The van der Waals surface area contributed by atoms with Gasteiger partial charge in [0.25, 0.3) is 5.91 Å². The van der Waals surface area contributed by atoms with Gasteiger partial charge in [0, 0.05) is 17.8 Å². The van der Waals surface area contributed by atoms with E-state index >= 15 is 0 Å². The van der Waals surface area contributed by atoms with E-state index in [4.69, 9.17) is 10.5 Å². The van der Waals surface area contributed by atoms with Crippen LogP contribution in [0.25, 0.3) is 0 Å². The molecule has 1 heterocycles. The summed E-state index contributed by atoms with van der Waals surface area (Å²) in [5.41, 5.74) is 5.94. The predicted octanol–water partition coefficient (Wildman–Crippen LogP) is 1.92. The van der Waals surface area contributed by atoms with Crippen molar-refractivity contribution in [2.24, 2.45) is 11.7 Å². The number of nitrogens with two attached hydrogens (primary N) is 1. The monoisotopic (exact) mass is 361 g/mol. The van der Waals surface area contributed by atoms with E-state index in [0.29, 0.717) is 25.3 Å². The van der Waals surface area contributed by atoms with Crippen LogP contribution < -0.4 is 11.1 Å². The summed E-state index contributed by atoms with van der Waals surface area (Å²) in [6.45, 7) is 2.77. The highest BCUT2D eigenvalue weighted by molar-refractivity contribution is 7.09. The molecule has 0 radical (unpaired) electrons. The van der Waals surface area contributed by atoms with Crippen molar-refractivity contribution in [2.75, 3.05) is 13.2 Å². The average molecular weight is 362 g/mol. The maximum absolute atomic E-state index is 12.2. The van der Waals surface area contributed by atoms with Gasteiger partial charge in [-0.2, -0.15) is 0 Å². The molecule has 0 saturated heterocycles. The Kier molecular flexibility index (Phi) is 8.51. The highest BCUT2D eigenvalue weighted by Gasteiger charge is 2.28. The van der Waals surface area contributed by atoms with Gasteiger partial charge in [-0.15, -0.1) is 23.7 Å². The molecular formula is C15H24ClN3O3S. The molecule has 1 aliphatic rings. The smallest absolute Gasteiger partial charge is 0.308 e. The van der Waals surface area contributed by atoms with Crippen LogP contribution in [0.15, 0.2) is 5.38 Å². The molecule has 1 amide bonds. The van der Waals surface area contributed by atoms with E-state index in [1.165, 1.54) is 11.3 Å². The third-order valence-corrected chi connectivity index (χ3v) is 4.73. The Balaban J connectivity index is 0.00000264. The molecule has 23 heavy (non-hydrogen) atoms. The van der Waals surface area contributed by atoms with Gasteiger partial charge in [-0.05, 0) is 39.2 Å². The van der Waals surface area contributed by atoms with Crippen molar-refractivity contribution in [3.8, 4) is 0 Å². The summed E-state index contributed by atoms with van der Waals surface area (Å²) in [5, 5.41) is 5.66. The molecule has 1 aromatic heterocycles. The Morgan fingerprint density at radius 2 is 2.09 bits per heavy atom. The topological polar surface area (TPSA) is 94.3 Å². The summed E-state index contributed by atoms with van der Waals surface area (Å²) in [4.78, 5) is 28.1. The van der Waals surface area contributed by atoms with Gasteiger partial charge in [0.15, 0.2) is 0 Å². The zero-order valence-electron chi connectivity index (χ0n) is 13.2. The Bertz CT molecular complexity index is 516. The van der Waals surface area contributed by atoms with Crippen LogP contribution in [0, 0.1) is 5.92 Å². The number of carbonyl (C=O) groups excluding carboxylic acids is 2. The molecule has 0 atom stereocenters. The molecule has 0 aliphatic heterocycles. The Labute approximate surface area is 146 Å². The number of hydrogen-bond acceptors (Lipinski definition) is 6. The lowest BCUT2D eigenvalue weighted by atomic mass is 9.86. The van der Waals surface area contributed by atoms with Crippen LogP contribution in [0.4, 0.5) is 0 Å². The minimum absolute atomic E-state index is 0. The van der Waals surface area contributed by atoms with Gasteiger partial charge >= 0.3 is 5.97 Å². The minimum atomic E-state index is -0.140. The van der Waals surface area contributed by atoms with Crippen LogP contribution in [0.3, 0.4) is 0 Å². The summed E-state index contributed by atoms with van der Waals surface area (Å²) in [7, 11) is 0. The quantitative estimate of drug-likeness (QED) is 0.755. The molecule has 2 rings (SSSR count). The largest absolute Gasteiger partial charge is 0.466 e. The van der Waals surface area contributed by atoms with Gasteiger partial charge in [-0.3, -0.25) is 9.59 Å². The molecule has 6 nitrogen and oxygen atoms in total. The van der Waals surface area contributed by atoms with Gasteiger partial charge < -0.3 is 15.8 Å². The zero-order valence-corrected chi connectivity index (χ0v) is 14.9. The minimum Gasteiger partial charge on any atom is -0.466 e. The van der Waals surface area contributed by atoms with E-state index in [2.05, 4.69) is 10.3 Å². The third-order valence-electron chi connectivity index (χ3n) is 3.82.